The van der Waals surface area contributed by atoms with E-state index in [9.17, 15) is 19.2 Å². The van der Waals surface area contributed by atoms with Gasteiger partial charge in [-0.25, -0.2) is 18.5 Å². The lowest BCUT2D eigenvalue weighted by atomic mass is 9.99. The molecule has 1 amide bonds. The van der Waals surface area contributed by atoms with E-state index < -0.39 is 35.0 Å². The molecule has 0 radical (unpaired) electrons. The van der Waals surface area contributed by atoms with Gasteiger partial charge in [0.2, 0.25) is 0 Å². The van der Waals surface area contributed by atoms with E-state index in [2.05, 4.69) is 15.3 Å². The highest BCUT2D eigenvalue weighted by Crippen LogP contribution is 2.30. The first-order valence-corrected chi connectivity index (χ1v) is 17.5. The van der Waals surface area contributed by atoms with Gasteiger partial charge < -0.3 is 24.4 Å². The highest BCUT2D eigenvalue weighted by Gasteiger charge is 2.29. The lowest BCUT2D eigenvalue weighted by molar-refractivity contribution is -0.136. The van der Waals surface area contributed by atoms with Gasteiger partial charge in [0.05, 0.1) is 53.7 Å². The van der Waals surface area contributed by atoms with Crippen LogP contribution < -0.4 is 30.9 Å². The summed E-state index contributed by atoms with van der Waals surface area (Å²) < 4.78 is 35.0. The van der Waals surface area contributed by atoms with Crippen LogP contribution in [0.5, 0.6) is 11.5 Å². The SMILES string of the molecule is Cc1cc(N2CCOCC2)cc(F)c1C(=O)NC(Cc1ccc(-n2c(=O)c3ccncc3n(C)c2=O)c2ncccc12)C(=O)Oc1ccc2c(c1)CCO2. The lowest BCUT2D eigenvalue weighted by Crippen LogP contribution is -2.45. The Morgan fingerprint density at radius 2 is 1.83 bits per heavy atom. The number of anilines is 1. The van der Waals surface area contributed by atoms with Crippen molar-refractivity contribution >= 4 is 39.4 Å². The first kappa shape index (κ1) is 34.7. The van der Waals surface area contributed by atoms with E-state index in [1.54, 1.807) is 68.6 Å². The van der Waals surface area contributed by atoms with Crippen LogP contribution in [0, 0.1) is 12.7 Å². The number of pyridine rings is 2. The number of hydrogen-bond donors (Lipinski definition) is 1. The molecule has 274 valence electrons. The van der Waals surface area contributed by atoms with Gasteiger partial charge in [-0.1, -0.05) is 12.1 Å². The van der Waals surface area contributed by atoms with Gasteiger partial charge in [0.25, 0.3) is 11.5 Å². The maximum Gasteiger partial charge on any atom is 0.335 e. The summed E-state index contributed by atoms with van der Waals surface area (Å²) in [5.74, 6) is -1.31. The van der Waals surface area contributed by atoms with Crippen LogP contribution in [-0.4, -0.2) is 69.9 Å². The molecule has 0 spiro atoms. The van der Waals surface area contributed by atoms with Crippen LogP contribution in [0.2, 0.25) is 0 Å². The van der Waals surface area contributed by atoms with Gasteiger partial charge in [0, 0.05) is 62.0 Å². The number of halogens is 1. The zero-order valence-corrected chi connectivity index (χ0v) is 29.5. The number of aromatic nitrogens is 4. The van der Waals surface area contributed by atoms with Gasteiger partial charge >= 0.3 is 11.7 Å². The highest BCUT2D eigenvalue weighted by atomic mass is 19.1. The molecule has 0 saturated carbocycles. The molecule has 8 rings (SSSR count). The predicted octanol–water partition coefficient (Wildman–Crippen LogP) is 3.80. The van der Waals surface area contributed by atoms with Crippen LogP contribution in [-0.2, 0) is 29.4 Å². The molecule has 1 N–H and O–H groups in total. The number of benzene rings is 3. The van der Waals surface area contributed by atoms with E-state index in [0.717, 1.165) is 10.1 Å². The van der Waals surface area contributed by atoms with E-state index in [0.29, 0.717) is 83.7 Å². The second-order valence-electron chi connectivity index (χ2n) is 13.3. The van der Waals surface area contributed by atoms with Crippen molar-refractivity contribution in [2.24, 2.45) is 7.05 Å². The molecule has 54 heavy (non-hydrogen) atoms. The summed E-state index contributed by atoms with van der Waals surface area (Å²) in [5, 5.41) is 3.57. The molecule has 2 aliphatic rings. The first-order chi connectivity index (χ1) is 26.2. The molecule has 1 saturated heterocycles. The van der Waals surface area contributed by atoms with Crippen molar-refractivity contribution in [3.8, 4) is 17.2 Å². The van der Waals surface area contributed by atoms with Crippen molar-refractivity contribution in [1.29, 1.82) is 0 Å². The van der Waals surface area contributed by atoms with Gasteiger partial charge in [-0.3, -0.25) is 24.1 Å². The van der Waals surface area contributed by atoms with Gasteiger partial charge in [-0.15, -0.1) is 0 Å². The normalized spacial score (nSPS) is 14.5. The number of nitrogens with zero attached hydrogens (tertiary/aromatic N) is 5. The molecule has 2 aliphatic heterocycles. The quantitative estimate of drug-likeness (QED) is 0.181. The second kappa shape index (κ2) is 14.2. The van der Waals surface area contributed by atoms with Gasteiger partial charge in [-0.2, -0.15) is 0 Å². The van der Waals surface area contributed by atoms with E-state index in [-0.39, 0.29) is 23.4 Å². The van der Waals surface area contributed by atoms with Crippen molar-refractivity contribution < 1.29 is 28.2 Å². The number of ether oxygens (including phenoxy) is 3. The van der Waals surface area contributed by atoms with Crippen molar-refractivity contribution in [2.75, 3.05) is 37.8 Å². The predicted molar refractivity (Wildman–Crippen MR) is 198 cm³/mol. The maximum atomic E-state index is 15.8. The molecule has 6 aromatic rings. The number of hydrogen-bond acceptors (Lipinski definition) is 10. The number of esters is 1. The van der Waals surface area contributed by atoms with Crippen molar-refractivity contribution in [3.05, 3.63) is 128 Å². The summed E-state index contributed by atoms with van der Waals surface area (Å²) in [6.45, 7) is 4.39. The molecule has 1 unspecified atom stereocenters. The van der Waals surface area contributed by atoms with E-state index >= 15 is 4.39 Å². The molecule has 1 fully saturated rings. The minimum absolute atomic E-state index is 0.0933. The van der Waals surface area contributed by atoms with Gasteiger partial charge in [-0.05, 0) is 66.6 Å². The van der Waals surface area contributed by atoms with Crippen LogP contribution in [0.1, 0.15) is 27.0 Å². The Morgan fingerprint density at radius 1 is 1.00 bits per heavy atom. The summed E-state index contributed by atoms with van der Waals surface area (Å²) in [7, 11) is 1.56. The largest absolute Gasteiger partial charge is 0.493 e. The Balaban J connectivity index is 1.17. The number of aryl methyl sites for hydroxylation is 2. The number of fused-ring (bicyclic) bond motifs is 3. The number of carbonyl (C=O) groups is 2. The maximum absolute atomic E-state index is 15.8. The topological polar surface area (TPSA) is 147 Å². The van der Waals surface area contributed by atoms with E-state index in [1.165, 1.54) is 29.2 Å². The smallest absolute Gasteiger partial charge is 0.335 e. The number of nitrogens with one attached hydrogen (secondary N) is 1. The van der Waals surface area contributed by atoms with Crippen molar-refractivity contribution in [1.82, 2.24) is 24.4 Å². The van der Waals surface area contributed by atoms with Crippen LogP contribution in [0.25, 0.3) is 27.5 Å². The summed E-state index contributed by atoms with van der Waals surface area (Å²) >= 11 is 0. The summed E-state index contributed by atoms with van der Waals surface area (Å²) in [5.41, 5.74) is 2.09. The third kappa shape index (κ3) is 6.34. The molecular formula is C40H35FN6O7. The van der Waals surface area contributed by atoms with Crippen LogP contribution in [0.4, 0.5) is 10.1 Å². The Bertz CT molecular complexity index is 2570. The highest BCUT2D eigenvalue weighted by molar-refractivity contribution is 5.99. The first-order valence-electron chi connectivity index (χ1n) is 17.5. The standard InChI is InChI=1S/C40H35FN6O7/c1-23-18-26(46-13-16-52-17-14-46)21-30(41)35(23)37(48)44-31(39(50)54-27-6-8-34-25(19-27)10-15-53-34)20-24-5-7-32(36-28(24)4-3-11-43-36)47-38(49)29-9-12-42-22-33(29)45(2)40(47)51/h3-9,11-12,18-19,21-22,31H,10,13-17,20H2,1-2H3,(H,44,48). The number of carbonyl (C=O) groups excluding carboxylic acids is 2. The fourth-order valence-electron chi connectivity index (χ4n) is 7.16. The van der Waals surface area contributed by atoms with Crippen LogP contribution >= 0.6 is 0 Å². The van der Waals surface area contributed by atoms with Crippen molar-refractivity contribution in [3.63, 3.8) is 0 Å². The molecule has 13 nitrogen and oxygen atoms in total. The summed E-state index contributed by atoms with van der Waals surface area (Å²) in [6, 6.07) is 15.1. The van der Waals surface area contributed by atoms with Crippen LogP contribution in [0.3, 0.4) is 0 Å². The Labute approximate surface area is 307 Å². The monoisotopic (exact) mass is 730 g/mol. The molecule has 5 heterocycles. The zero-order valence-electron chi connectivity index (χ0n) is 29.5. The van der Waals surface area contributed by atoms with Gasteiger partial charge in [0.15, 0.2) is 0 Å². The zero-order chi connectivity index (χ0) is 37.5. The average molecular weight is 731 g/mol. The number of morpholine rings is 1. The Hall–Kier alpha value is -6.41. The molecule has 3 aromatic carbocycles. The molecular weight excluding hydrogens is 695 g/mol. The molecule has 3 aromatic heterocycles. The minimum Gasteiger partial charge on any atom is -0.493 e. The van der Waals surface area contributed by atoms with Crippen molar-refractivity contribution in [2.45, 2.75) is 25.8 Å². The second-order valence-corrected chi connectivity index (χ2v) is 13.3. The fraction of sp³-hybridized carbons (Fsp3) is 0.250. The third-order valence-electron chi connectivity index (χ3n) is 9.92. The average Bonchev–Trinajstić information content (AvgIpc) is 3.66. The Kier molecular flexibility index (Phi) is 9.11. The van der Waals surface area contributed by atoms with E-state index in [1.807, 2.05) is 4.90 Å². The Morgan fingerprint density at radius 3 is 2.65 bits per heavy atom. The lowest BCUT2D eigenvalue weighted by Gasteiger charge is -2.29. The van der Waals surface area contributed by atoms with Gasteiger partial charge in [0.1, 0.15) is 23.4 Å². The number of rotatable bonds is 8. The fourth-order valence-corrected chi connectivity index (χ4v) is 7.16. The minimum atomic E-state index is -1.29. The molecule has 14 heteroatoms. The third-order valence-corrected chi connectivity index (χ3v) is 9.92. The van der Waals surface area contributed by atoms with Crippen LogP contribution in [0.15, 0.2) is 88.8 Å². The molecule has 0 aliphatic carbocycles. The van der Waals surface area contributed by atoms with E-state index in [4.69, 9.17) is 14.2 Å². The molecule has 1 atom stereocenters. The molecule has 0 bridgehead atoms. The number of amides is 1. The summed E-state index contributed by atoms with van der Waals surface area (Å²) in [6.07, 6.45) is 5.04. The summed E-state index contributed by atoms with van der Waals surface area (Å²) in [4.78, 5) is 65.8.